The fraction of sp³-hybridized carbons (Fsp3) is 0.318. The number of hydrogen-bond donors (Lipinski definition) is 2. The van der Waals surface area contributed by atoms with Gasteiger partial charge in [-0.3, -0.25) is 9.79 Å². The van der Waals surface area contributed by atoms with Crippen LogP contribution in [0.3, 0.4) is 0 Å². The summed E-state index contributed by atoms with van der Waals surface area (Å²) in [6.07, 6.45) is 5.33. The fourth-order valence-electron chi connectivity index (χ4n) is 2.87. The van der Waals surface area contributed by atoms with Crippen molar-refractivity contribution >= 4 is 29.9 Å². The lowest BCUT2D eigenvalue weighted by molar-refractivity contribution is 0.571. The second-order valence-corrected chi connectivity index (χ2v) is 6.80. The Kier molecular flexibility index (Phi) is 9.59. The van der Waals surface area contributed by atoms with Crippen LogP contribution in [0.25, 0.3) is 11.5 Å². The molecule has 0 aliphatic carbocycles. The Labute approximate surface area is 193 Å². The first-order valence-corrected chi connectivity index (χ1v) is 9.77. The molecule has 0 radical (unpaired) electrons. The van der Waals surface area contributed by atoms with Gasteiger partial charge in [0, 0.05) is 38.0 Å². The van der Waals surface area contributed by atoms with Gasteiger partial charge in [-0.15, -0.1) is 24.0 Å². The van der Waals surface area contributed by atoms with Crippen LogP contribution < -0.4 is 16.2 Å². The Morgan fingerprint density at radius 2 is 1.93 bits per heavy atom. The summed E-state index contributed by atoms with van der Waals surface area (Å²) in [6, 6.07) is 13.3. The molecule has 2 aromatic heterocycles. The molecule has 2 N–H and O–H groups in total. The van der Waals surface area contributed by atoms with E-state index < -0.39 is 0 Å². The molecular formula is C22H28IN5O2. The summed E-state index contributed by atoms with van der Waals surface area (Å²) in [4.78, 5) is 20.4. The Morgan fingerprint density at radius 1 is 1.13 bits per heavy atom. The van der Waals surface area contributed by atoms with Gasteiger partial charge in [-0.1, -0.05) is 23.8 Å². The minimum absolute atomic E-state index is 0. The minimum Gasteiger partial charge on any atom is -0.444 e. The van der Waals surface area contributed by atoms with Crippen molar-refractivity contribution in [1.82, 2.24) is 20.2 Å². The van der Waals surface area contributed by atoms with Crippen molar-refractivity contribution in [2.75, 3.05) is 13.6 Å². The van der Waals surface area contributed by atoms with Crippen LogP contribution in [0.4, 0.5) is 0 Å². The predicted molar refractivity (Wildman–Crippen MR) is 130 cm³/mol. The van der Waals surface area contributed by atoms with Gasteiger partial charge in [0.2, 0.25) is 11.4 Å². The van der Waals surface area contributed by atoms with Gasteiger partial charge < -0.3 is 19.6 Å². The van der Waals surface area contributed by atoms with E-state index in [0.29, 0.717) is 24.9 Å². The molecule has 0 saturated heterocycles. The topological polar surface area (TPSA) is 84.5 Å². The summed E-state index contributed by atoms with van der Waals surface area (Å²) in [5.74, 6) is 1.32. The van der Waals surface area contributed by atoms with E-state index in [1.165, 1.54) is 5.56 Å². The van der Waals surface area contributed by atoms with Crippen molar-refractivity contribution < 1.29 is 4.42 Å². The number of nitrogens with one attached hydrogen (secondary N) is 2. The molecule has 3 aromatic rings. The monoisotopic (exact) mass is 521 g/mol. The molecule has 0 saturated carbocycles. The number of aliphatic imine (C=N–C) groups is 1. The van der Waals surface area contributed by atoms with Crippen LogP contribution >= 0.6 is 24.0 Å². The summed E-state index contributed by atoms with van der Waals surface area (Å²) in [7, 11) is 1.74. The van der Waals surface area contributed by atoms with Gasteiger partial charge in [0.05, 0.1) is 12.2 Å². The zero-order valence-electron chi connectivity index (χ0n) is 17.3. The van der Waals surface area contributed by atoms with Gasteiger partial charge in [0.15, 0.2) is 5.96 Å². The number of aromatic nitrogens is 2. The largest absolute Gasteiger partial charge is 0.444 e. The molecule has 0 bridgehead atoms. The van der Waals surface area contributed by atoms with E-state index in [2.05, 4.69) is 27.5 Å². The first-order chi connectivity index (χ1) is 14.2. The number of benzene rings is 1. The second kappa shape index (κ2) is 12.2. The molecule has 0 spiro atoms. The SMILES string of the molecule is CN=C(NCCCCn1ccccc1=O)NCc1coc(-c2ccc(C)cc2)n1.I. The predicted octanol–water partition coefficient (Wildman–Crippen LogP) is 3.58. The van der Waals surface area contributed by atoms with E-state index in [9.17, 15) is 4.79 Å². The average Bonchev–Trinajstić information content (AvgIpc) is 3.21. The molecule has 1 aromatic carbocycles. The fourth-order valence-corrected chi connectivity index (χ4v) is 2.87. The number of hydrogen-bond acceptors (Lipinski definition) is 4. The summed E-state index contributed by atoms with van der Waals surface area (Å²) in [5, 5.41) is 6.52. The third kappa shape index (κ3) is 7.01. The number of unbranched alkanes of at least 4 members (excludes halogenated alkanes) is 1. The Bertz CT molecular complexity index is 995. The van der Waals surface area contributed by atoms with Gasteiger partial charge in [-0.2, -0.15) is 0 Å². The second-order valence-electron chi connectivity index (χ2n) is 6.80. The maximum Gasteiger partial charge on any atom is 0.250 e. The van der Waals surface area contributed by atoms with Gasteiger partial charge in [-0.05, 0) is 38.0 Å². The molecule has 0 fully saturated rings. The van der Waals surface area contributed by atoms with E-state index in [0.717, 1.165) is 30.6 Å². The van der Waals surface area contributed by atoms with Crippen molar-refractivity contribution in [2.24, 2.45) is 4.99 Å². The van der Waals surface area contributed by atoms with Crippen LogP contribution in [0.1, 0.15) is 24.1 Å². The van der Waals surface area contributed by atoms with Crippen molar-refractivity contribution in [3.05, 3.63) is 76.5 Å². The van der Waals surface area contributed by atoms with E-state index in [4.69, 9.17) is 4.42 Å². The third-order valence-corrected chi connectivity index (χ3v) is 4.53. The molecule has 3 rings (SSSR count). The maximum absolute atomic E-state index is 11.7. The summed E-state index contributed by atoms with van der Waals surface area (Å²) >= 11 is 0. The molecule has 0 unspecified atom stereocenters. The lowest BCUT2D eigenvalue weighted by Gasteiger charge is -2.11. The lowest BCUT2D eigenvalue weighted by Crippen LogP contribution is -2.37. The quantitative estimate of drug-likeness (QED) is 0.205. The molecule has 0 atom stereocenters. The normalized spacial score (nSPS) is 11.1. The Hall–Kier alpha value is -2.62. The molecule has 8 heteroatoms. The maximum atomic E-state index is 11.7. The number of nitrogens with zero attached hydrogens (tertiary/aromatic N) is 3. The molecule has 0 amide bonds. The first kappa shape index (κ1) is 23.7. The third-order valence-electron chi connectivity index (χ3n) is 4.53. The van der Waals surface area contributed by atoms with E-state index >= 15 is 0 Å². The number of halogens is 1. The van der Waals surface area contributed by atoms with Crippen molar-refractivity contribution in [1.29, 1.82) is 0 Å². The summed E-state index contributed by atoms with van der Waals surface area (Å²) in [6.45, 7) is 4.06. The average molecular weight is 521 g/mol. The number of oxazole rings is 1. The van der Waals surface area contributed by atoms with Crippen molar-refractivity contribution in [2.45, 2.75) is 32.9 Å². The standard InChI is InChI=1S/C22H27N5O2.HI/c1-17-8-10-18(11-9-17)21-26-19(16-29-21)15-25-22(23-2)24-12-4-6-14-27-13-5-3-7-20(27)28;/h3,5,7-11,13,16H,4,6,12,14-15H2,1-2H3,(H2,23,24,25);1H. The van der Waals surface area contributed by atoms with Gasteiger partial charge >= 0.3 is 0 Å². The minimum atomic E-state index is 0. The van der Waals surface area contributed by atoms with Crippen LogP contribution in [0.2, 0.25) is 0 Å². The highest BCUT2D eigenvalue weighted by Gasteiger charge is 2.07. The molecule has 0 aliphatic heterocycles. The number of rotatable bonds is 8. The molecule has 7 nitrogen and oxygen atoms in total. The number of pyridine rings is 1. The molecule has 30 heavy (non-hydrogen) atoms. The van der Waals surface area contributed by atoms with E-state index in [1.54, 1.807) is 30.0 Å². The van der Waals surface area contributed by atoms with Crippen LogP contribution in [0.15, 0.2) is 69.1 Å². The summed E-state index contributed by atoms with van der Waals surface area (Å²) < 4.78 is 7.31. The summed E-state index contributed by atoms with van der Waals surface area (Å²) in [5.41, 5.74) is 3.01. The zero-order chi connectivity index (χ0) is 20.5. The lowest BCUT2D eigenvalue weighted by atomic mass is 10.1. The van der Waals surface area contributed by atoms with Gasteiger partial charge in [0.25, 0.3) is 0 Å². The number of aryl methyl sites for hydroxylation is 2. The van der Waals surface area contributed by atoms with Crippen LogP contribution in [-0.4, -0.2) is 29.1 Å². The van der Waals surface area contributed by atoms with Gasteiger partial charge in [-0.25, -0.2) is 4.98 Å². The van der Waals surface area contributed by atoms with Crippen molar-refractivity contribution in [3.8, 4) is 11.5 Å². The Morgan fingerprint density at radius 3 is 2.67 bits per heavy atom. The van der Waals surface area contributed by atoms with Gasteiger partial charge in [0.1, 0.15) is 6.26 Å². The molecule has 2 heterocycles. The molecular weight excluding hydrogens is 493 g/mol. The molecule has 160 valence electrons. The highest BCUT2D eigenvalue weighted by atomic mass is 127. The number of guanidine groups is 1. The van der Waals surface area contributed by atoms with Crippen LogP contribution in [0.5, 0.6) is 0 Å². The van der Waals surface area contributed by atoms with Crippen LogP contribution in [-0.2, 0) is 13.1 Å². The zero-order valence-corrected chi connectivity index (χ0v) is 19.6. The first-order valence-electron chi connectivity index (χ1n) is 9.77. The highest BCUT2D eigenvalue weighted by molar-refractivity contribution is 14.0. The molecule has 0 aliphatic rings. The smallest absolute Gasteiger partial charge is 0.250 e. The Balaban J connectivity index is 0.00000320. The van der Waals surface area contributed by atoms with Crippen molar-refractivity contribution in [3.63, 3.8) is 0 Å². The van der Waals surface area contributed by atoms with Crippen LogP contribution in [0, 0.1) is 6.92 Å². The van der Waals surface area contributed by atoms with E-state index in [1.807, 2.05) is 36.5 Å². The van der Waals surface area contributed by atoms with E-state index in [-0.39, 0.29) is 29.5 Å². The highest BCUT2D eigenvalue weighted by Crippen LogP contribution is 2.18.